The number of likely N-dealkylation sites (N-methyl/N-ethyl adjacent to an activating group) is 1. The molecule has 0 bridgehead atoms. The van der Waals surface area contributed by atoms with Gasteiger partial charge >= 0.3 is 0 Å². The molecule has 1 atom stereocenters. The van der Waals surface area contributed by atoms with Crippen LogP contribution in [0.25, 0.3) is 0 Å². The monoisotopic (exact) mass is 349 g/mol. The molecule has 2 aromatic heterocycles. The maximum Gasteiger partial charge on any atom is 0.213 e. The van der Waals surface area contributed by atoms with Crippen LogP contribution < -0.4 is 4.74 Å². The molecule has 6 heteroatoms. The molecule has 0 aliphatic carbocycles. The number of hydrogen-bond donors (Lipinski definition) is 0. The summed E-state index contributed by atoms with van der Waals surface area (Å²) in [6.45, 7) is 4.82. The molecule has 0 N–H and O–H groups in total. The van der Waals surface area contributed by atoms with Gasteiger partial charge in [0, 0.05) is 56.1 Å². The van der Waals surface area contributed by atoms with Crippen LogP contribution in [0.5, 0.6) is 5.88 Å². The summed E-state index contributed by atoms with van der Waals surface area (Å²) in [6, 6.07) is 11.7. The third-order valence-corrected chi connectivity index (χ3v) is 5.49. The van der Waals surface area contributed by atoms with Crippen LogP contribution in [0.1, 0.15) is 17.7 Å². The number of rotatable bonds is 5. The topological polar surface area (TPSA) is 65.3 Å². The fourth-order valence-corrected chi connectivity index (χ4v) is 4.17. The lowest BCUT2D eigenvalue weighted by Crippen LogP contribution is -2.66. The van der Waals surface area contributed by atoms with Crippen molar-refractivity contribution in [2.75, 3.05) is 33.3 Å². The first-order valence-corrected chi connectivity index (χ1v) is 8.99. The number of pyridine rings is 2. The van der Waals surface area contributed by atoms with E-state index in [-0.39, 0.29) is 5.54 Å². The summed E-state index contributed by atoms with van der Waals surface area (Å²) in [4.78, 5) is 13.6. The largest absolute Gasteiger partial charge is 0.477 e. The Morgan fingerprint density at radius 3 is 2.85 bits per heavy atom. The Morgan fingerprint density at radius 2 is 2.15 bits per heavy atom. The van der Waals surface area contributed by atoms with E-state index in [0.717, 1.165) is 38.3 Å². The van der Waals surface area contributed by atoms with E-state index in [4.69, 9.17) is 10.00 Å². The zero-order valence-electron chi connectivity index (χ0n) is 15.0. The number of ether oxygens (including phenoxy) is 1. The van der Waals surface area contributed by atoms with E-state index < -0.39 is 0 Å². The van der Waals surface area contributed by atoms with Crippen LogP contribution >= 0.6 is 0 Å². The quantitative estimate of drug-likeness (QED) is 0.822. The van der Waals surface area contributed by atoms with Crippen molar-refractivity contribution in [2.45, 2.75) is 18.5 Å². The smallest absolute Gasteiger partial charge is 0.213 e. The lowest BCUT2D eigenvalue weighted by Gasteiger charge is -2.52. The maximum atomic E-state index is 8.82. The van der Waals surface area contributed by atoms with Crippen molar-refractivity contribution in [2.24, 2.45) is 5.92 Å². The van der Waals surface area contributed by atoms with Crippen LogP contribution in [0.2, 0.25) is 0 Å². The fourth-order valence-electron chi connectivity index (χ4n) is 4.17. The van der Waals surface area contributed by atoms with E-state index in [0.29, 0.717) is 24.0 Å². The summed E-state index contributed by atoms with van der Waals surface area (Å²) in [7, 11) is 2.22. The summed E-state index contributed by atoms with van der Waals surface area (Å²) in [5, 5.41) is 8.82. The van der Waals surface area contributed by atoms with Gasteiger partial charge in [0.15, 0.2) is 0 Å². The molecule has 26 heavy (non-hydrogen) atoms. The Hall–Kier alpha value is -2.49. The van der Waals surface area contributed by atoms with Crippen molar-refractivity contribution in [3.8, 4) is 11.9 Å². The van der Waals surface area contributed by atoms with E-state index >= 15 is 0 Å². The Balaban J connectivity index is 1.27. The molecule has 2 aliphatic rings. The highest BCUT2D eigenvalue weighted by molar-refractivity contribution is 5.28. The maximum absolute atomic E-state index is 8.82. The van der Waals surface area contributed by atoms with E-state index in [1.54, 1.807) is 18.3 Å². The normalized spacial score (nSPS) is 22.1. The number of nitrogens with zero attached hydrogens (tertiary/aromatic N) is 5. The van der Waals surface area contributed by atoms with Gasteiger partial charge in [-0.15, -0.1) is 0 Å². The number of hydrogen-bond acceptors (Lipinski definition) is 6. The molecule has 2 saturated heterocycles. The highest BCUT2D eigenvalue weighted by Gasteiger charge is 2.51. The zero-order valence-corrected chi connectivity index (χ0v) is 15.0. The lowest BCUT2D eigenvalue weighted by atomic mass is 9.84. The second-order valence-corrected chi connectivity index (χ2v) is 7.45. The van der Waals surface area contributed by atoms with E-state index in [1.807, 2.05) is 18.3 Å². The van der Waals surface area contributed by atoms with Crippen molar-refractivity contribution in [1.82, 2.24) is 19.8 Å². The molecule has 2 fully saturated rings. The summed E-state index contributed by atoms with van der Waals surface area (Å²) in [6.07, 6.45) is 4.56. The van der Waals surface area contributed by atoms with Gasteiger partial charge < -0.3 is 4.74 Å². The SMILES string of the molecule is CN1C[C@H](COc2ccc(C#N)cn2)CC12CN(Cc1ccccn1)C2. The first kappa shape index (κ1) is 17.0. The summed E-state index contributed by atoms with van der Waals surface area (Å²) < 4.78 is 5.85. The van der Waals surface area contributed by atoms with E-state index in [9.17, 15) is 0 Å². The van der Waals surface area contributed by atoms with Crippen molar-refractivity contribution in [1.29, 1.82) is 5.26 Å². The molecule has 1 spiro atoms. The van der Waals surface area contributed by atoms with Gasteiger partial charge in [-0.3, -0.25) is 14.8 Å². The predicted molar refractivity (Wildman–Crippen MR) is 97.4 cm³/mol. The van der Waals surface area contributed by atoms with Crippen LogP contribution in [0.4, 0.5) is 0 Å². The molecule has 0 amide bonds. The van der Waals surface area contributed by atoms with Crippen LogP contribution in [0.3, 0.4) is 0 Å². The molecular formula is C20H23N5O. The standard InChI is InChI=1S/C20H23N5O/c1-24-11-17(13-26-19-6-5-16(9-21)10-23-19)8-20(24)14-25(15-20)12-18-4-2-3-7-22-18/h2-7,10,17H,8,11-15H2,1H3/t17-/m1/s1. The van der Waals surface area contributed by atoms with Gasteiger partial charge in [-0.2, -0.15) is 5.26 Å². The predicted octanol–water partition coefficient (Wildman–Crippen LogP) is 1.93. The second kappa shape index (κ2) is 7.02. The molecule has 4 heterocycles. The van der Waals surface area contributed by atoms with Crippen molar-refractivity contribution in [3.05, 3.63) is 54.0 Å². The molecule has 2 aliphatic heterocycles. The fraction of sp³-hybridized carbons (Fsp3) is 0.450. The summed E-state index contributed by atoms with van der Waals surface area (Å²) in [5.41, 5.74) is 1.97. The Labute approximate surface area is 154 Å². The first-order valence-electron chi connectivity index (χ1n) is 8.99. The Bertz CT molecular complexity index is 780. The average Bonchev–Trinajstić information content (AvgIpc) is 2.97. The number of likely N-dealkylation sites (tertiary alicyclic amines) is 2. The van der Waals surface area contributed by atoms with Crippen molar-refractivity contribution < 1.29 is 4.74 Å². The molecule has 0 aromatic carbocycles. The summed E-state index contributed by atoms with van der Waals surface area (Å²) >= 11 is 0. The minimum absolute atomic E-state index is 0.279. The molecule has 0 unspecified atom stereocenters. The van der Waals surface area contributed by atoms with Crippen molar-refractivity contribution >= 4 is 0 Å². The van der Waals surface area contributed by atoms with Crippen LogP contribution in [0, 0.1) is 17.2 Å². The molecular weight excluding hydrogens is 326 g/mol. The second-order valence-electron chi connectivity index (χ2n) is 7.45. The van der Waals surface area contributed by atoms with Crippen molar-refractivity contribution in [3.63, 3.8) is 0 Å². The third-order valence-electron chi connectivity index (χ3n) is 5.49. The van der Waals surface area contributed by atoms with Gasteiger partial charge in [-0.1, -0.05) is 6.07 Å². The number of aromatic nitrogens is 2. The molecule has 2 aromatic rings. The molecule has 0 radical (unpaired) electrons. The van der Waals surface area contributed by atoms with Crippen LogP contribution in [-0.2, 0) is 6.54 Å². The van der Waals surface area contributed by atoms with E-state index in [2.05, 4.69) is 39.0 Å². The first-order chi connectivity index (χ1) is 12.7. The third kappa shape index (κ3) is 3.41. The molecule has 134 valence electrons. The van der Waals surface area contributed by atoms with Crippen LogP contribution in [0.15, 0.2) is 42.7 Å². The molecule has 4 rings (SSSR count). The van der Waals surface area contributed by atoms with Gasteiger partial charge in [0.1, 0.15) is 6.07 Å². The van der Waals surface area contributed by atoms with Gasteiger partial charge in [-0.25, -0.2) is 4.98 Å². The zero-order chi connectivity index (χ0) is 18.0. The molecule has 6 nitrogen and oxygen atoms in total. The Kier molecular flexibility index (Phi) is 4.58. The summed E-state index contributed by atoms with van der Waals surface area (Å²) in [5.74, 6) is 1.10. The highest BCUT2D eigenvalue weighted by Crippen LogP contribution is 2.39. The van der Waals surface area contributed by atoms with Gasteiger partial charge in [0.05, 0.1) is 17.9 Å². The van der Waals surface area contributed by atoms with Gasteiger partial charge in [-0.05, 0) is 31.7 Å². The van der Waals surface area contributed by atoms with E-state index in [1.165, 1.54) is 0 Å². The minimum Gasteiger partial charge on any atom is -0.477 e. The van der Waals surface area contributed by atoms with Crippen LogP contribution in [-0.4, -0.2) is 58.6 Å². The lowest BCUT2D eigenvalue weighted by molar-refractivity contribution is -0.0229. The minimum atomic E-state index is 0.279. The Morgan fingerprint density at radius 1 is 1.27 bits per heavy atom. The highest BCUT2D eigenvalue weighted by atomic mass is 16.5. The molecule has 0 saturated carbocycles. The average molecular weight is 349 g/mol. The number of nitriles is 1. The van der Waals surface area contributed by atoms with Gasteiger partial charge in [0.2, 0.25) is 5.88 Å². The van der Waals surface area contributed by atoms with Gasteiger partial charge in [0.25, 0.3) is 0 Å².